The van der Waals surface area contributed by atoms with E-state index in [9.17, 15) is 9.59 Å². The van der Waals surface area contributed by atoms with Crippen LogP contribution in [0, 0.1) is 0 Å². The molecule has 0 radical (unpaired) electrons. The van der Waals surface area contributed by atoms with Gasteiger partial charge in [0.15, 0.2) is 6.10 Å². The van der Waals surface area contributed by atoms with Crippen LogP contribution < -0.4 is 9.64 Å². The van der Waals surface area contributed by atoms with Crippen molar-refractivity contribution in [2.24, 2.45) is 0 Å². The van der Waals surface area contributed by atoms with Crippen LogP contribution >= 0.6 is 0 Å². The van der Waals surface area contributed by atoms with Gasteiger partial charge in [0.1, 0.15) is 12.4 Å². The van der Waals surface area contributed by atoms with Gasteiger partial charge in [-0.2, -0.15) is 0 Å². The first-order valence-electron chi connectivity index (χ1n) is 9.72. The van der Waals surface area contributed by atoms with Crippen LogP contribution in [-0.4, -0.2) is 55.4 Å². The summed E-state index contributed by atoms with van der Waals surface area (Å²) in [6.07, 6.45) is -0.734. The number of amides is 1. The summed E-state index contributed by atoms with van der Waals surface area (Å²) in [6.45, 7) is 2.60. The van der Waals surface area contributed by atoms with Gasteiger partial charge in [0.05, 0.1) is 19.8 Å². The van der Waals surface area contributed by atoms with Crippen molar-refractivity contribution < 1.29 is 33.6 Å². The van der Waals surface area contributed by atoms with Crippen LogP contribution in [0.25, 0.3) is 0 Å². The van der Waals surface area contributed by atoms with Crippen LogP contribution in [0.5, 0.6) is 5.75 Å². The molecule has 1 atom stereocenters. The number of anilines is 1. The second-order valence-electron chi connectivity index (χ2n) is 7.40. The first kappa shape index (κ1) is 20.2. The van der Waals surface area contributed by atoms with Gasteiger partial charge in [0.25, 0.3) is 5.79 Å². The van der Waals surface area contributed by atoms with Gasteiger partial charge in [-0.15, -0.1) is 0 Å². The summed E-state index contributed by atoms with van der Waals surface area (Å²) in [4.78, 5) is 24.8. The monoisotopic (exact) mass is 413 g/mol. The summed E-state index contributed by atoms with van der Waals surface area (Å²) in [5, 5.41) is 9.14. The van der Waals surface area contributed by atoms with Crippen LogP contribution in [0.1, 0.15) is 18.4 Å². The maximum Gasteiger partial charge on any atom is 0.414 e. The van der Waals surface area contributed by atoms with E-state index in [1.54, 1.807) is 4.90 Å². The van der Waals surface area contributed by atoms with E-state index in [2.05, 4.69) is 0 Å². The van der Waals surface area contributed by atoms with E-state index in [0.717, 1.165) is 11.3 Å². The number of carbonyl (C=O) groups is 2. The average molecular weight is 413 g/mol. The molecule has 2 aromatic rings. The SMILES string of the molecule is C[C@]1(C(=O)O)OC[C@@H](c2ccc(OCC3CN(c4ccccc4)C(=O)O3)cc2)CO1. The first-order valence-corrected chi connectivity index (χ1v) is 9.72. The molecule has 8 nitrogen and oxygen atoms in total. The molecule has 2 heterocycles. The van der Waals surface area contributed by atoms with E-state index >= 15 is 0 Å². The molecule has 8 heteroatoms. The van der Waals surface area contributed by atoms with Crippen LogP contribution in [0.2, 0.25) is 0 Å². The van der Waals surface area contributed by atoms with E-state index in [-0.39, 0.29) is 37.9 Å². The normalized spacial score (nSPS) is 26.3. The number of hydrogen-bond donors (Lipinski definition) is 1. The number of cyclic esters (lactones) is 1. The topological polar surface area (TPSA) is 94.5 Å². The minimum atomic E-state index is -1.59. The molecule has 2 aromatic carbocycles. The lowest BCUT2D eigenvalue weighted by Crippen LogP contribution is -2.47. The second-order valence-corrected chi connectivity index (χ2v) is 7.40. The molecule has 158 valence electrons. The summed E-state index contributed by atoms with van der Waals surface area (Å²) in [6, 6.07) is 16.8. The first-order chi connectivity index (χ1) is 14.4. The predicted molar refractivity (Wildman–Crippen MR) is 107 cm³/mol. The predicted octanol–water partition coefficient (Wildman–Crippen LogP) is 3.02. The van der Waals surface area contributed by atoms with Crippen molar-refractivity contribution in [1.82, 2.24) is 0 Å². The molecule has 0 saturated carbocycles. The number of ether oxygens (including phenoxy) is 4. The smallest absolute Gasteiger partial charge is 0.414 e. The molecule has 0 bridgehead atoms. The summed E-state index contributed by atoms with van der Waals surface area (Å²) in [5.41, 5.74) is 1.77. The molecule has 1 unspecified atom stereocenters. The maximum absolute atomic E-state index is 12.1. The molecule has 0 aromatic heterocycles. The van der Waals surface area contributed by atoms with Crippen molar-refractivity contribution >= 4 is 17.7 Å². The largest absolute Gasteiger partial charge is 0.490 e. The summed E-state index contributed by atoms with van der Waals surface area (Å²) in [7, 11) is 0. The molecule has 2 aliphatic rings. The number of para-hydroxylation sites is 1. The summed E-state index contributed by atoms with van der Waals surface area (Å²) in [5.74, 6) is -2.13. The van der Waals surface area contributed by atoms with Crippen molar-refractivity contribution in [2.45, 2.75) is 24.7 Å². The Bertz CT molecular complexity index is 891. The standard InChI is InChI=1S/C22H23NO7/c1-22(20(24)25)28-12-16(13-29-22)15-7-9-18(10-8-15)27-14-19-11-23(21(26)30-19)17-5-3-2-4-6-17/h2-10,16,19H,11-14H2,1H3,(H,24,25)/t16-,19?,22+. The van der Waals surface area contributed by atoms with Crippen molar-refractivity contribution in [1.29, 1.82) is 0 Å². The molecule has 4 rings (SSSR count). The highest BCUT2D eigenvalue weighted by atomic mass is 16.7. The molecule has 30 heavy (non-hydrogen) atoms. The zero-order valence-electron chi connectivity index (χ0n) is 16.5. The van der Waals surface area contributed by atoms with Gasteiger partial charge in [0.2, 0.25) is 0 Å². The van der Waals surface area contributed by atoms with Gasteiger partial charge in [-0.25, -0.2) is 9.59 Å². The molecule has 2 aliphatic heterocycles. The van der Waals surface area contributed by atoms with E-state index < -0.39 is 11.8 Å². The Morgan fingerprint density at radius 3 is 2.43 bits per heavy atom. The number of benzene rings is 2. The van der Waals surface area contributed by atoms with Gasteiger partial charge in [-0.1, -0.05) is 30.3 Å². The van der Waals surface area contributed by atoms with Crippen LogP contribution in [0.15, 0.2) is 54.6 Å². The fraction of sp³-hybridized carbons (Fsp3) is 0.364. The molecule has 2 fully saturated rings. The van der Waals surface area contributed by atoms with Crippen LogP contribution in [0.4, 0.5) is 10.5 Å². The third-order valence-corrected chi connectivity index (χ3v) is 5.24. The fourth-order valence-electron chi connectivity index (χ4n) is 3.38. The molecule has 2 saturated heterocycles. The van der Waals surface area contributed by atoms with Crippen LogP contribution in [-0.2, 0) is 19.0 Å². The Kier molecular flexibility index (Phi) is 5.61. The molecule has 1 amide bonds. The summed E-state index contributed by atoms with van der Waals surface area (Å²) < 4.78 is 22.0. The van der Waals surface area contributed by atoms with E-state index in [1.165, 1.54) is 6.92 Å². The molecular formula is C22H23NO7. The Morgan fingerprint density at radius 2 is 1.80 bits per heavy atom. The number of rotatable bonds is 6. The van der Waals surface area contributed by atoms with E-state index in [0.29, 0.717) is 12.3 Å². The van der Waals surface area contributed by atoms with Gasteiger partial charge in [0, 0.05) is 18.5 Å². The summed E-state index contributed by atoms with van der Waals surface area (Å²) >= 11 is 0. The Hall–Kier alpha value is -3.10. The number of carboxylic acids is 1. The van der Waals surface area contributed by atoms with Crippen molar-refractivity contribution in [3.63, 3.8) is 0 Å². The second kappa shape index (κ2) is 8.33. The van der Waals surface area contributed by atoms with Gasteiger partial charge in [-0.3, -0.25) is 4.90 Å². The number of hydrogen-bond acceptors (Lipinski definition) is 6. The highest BCUT2D eigenvalue weighted by Crippen LogP contribution is 2.29. The third kappa shape index (κ3) is 4.24. The molecule has 0 spiro atoms. The van der Waals surface area contributed by atoms with Crippen LogP contribution in [0.3, 0.4) is 0 Å². The maximum atomic E-state index is 12.1. The minimum Gasteiger partial charge on any atom is -0.490 e. The number of carbonyl (C=O) groups excluding carboxylic acids is 1. The number of carboxylic acid groups (broad SMARTS) is 1. The molecular weight excluding hydrogens is 390 g/mol. The number of aliphatic carboxylic acids is 1. The third-order valence-electron chi connectivity index (χ3n) is 5.24. The zero-order valence-corrected chi connectivity index (χ0v) is 16.5. The lowest BCUT2D eigenvalue weighted by molar-refractivity contribution is -0.262. The zero-order chi connectivity index (χ0) is 21.1. The Labute approximate surface area is 173 Å². The lowest BCUT2D eigenvalue weighted by atomic mass is 9.99. The Balaban J connectivity index is 1.29. The van der Waals surface area contributed by atoms with Crippen molar-refractivity contribution in [2.75, 3.05) is 31.3 Å². The number of nitrogens with zero attached hydrogens (tertiary/aromatic N) is 1. The van der Waals surface area contributed by atoms with Crippen molar-refractivity contribution in [3.8, 4) is 5.75 Å². The molecule has 1 N–H and O–H groups in total. The van der Waals surface area contributed by atoms with E-state index in [4.69, 9.17) is 24.1 Å². The van der Waals surface area contributed by atoms with Gasteiger partial charge < -0.3 is 24.1 Å². The molecule has 0 aliphatic carbocycles. The Morgan fingerprint density at radius 1 is 1.13 bits per heavy atom. The van der Waals surface area contributed by atoms with E-state index in [1.807, 2.05) is 54.6 Å². The minimum absolute atomic E-state index is 0.0540. The quantitative estimate of drug-likeness (QED) is 0.778. The highest BCUT2D eigenvalue weighted by Gasteiger charge is 2.40. The van der Waals surface area contributed by atoms with Gasteiger partial charge >= 0.3 is 12.1 Å². The average Bonchev–Trinajstić information content (AvgIpc) is 3.14. The fourth-order valence-corrected chi connectivity index (χ4v) is 3.38. The lowest BCUT2D eigenvalue weighted by Gasteiger charge is -2.34. The van der Waals surface area contributed by atoms with Gasteiger partial charge in [-0.05, 0) is 29.8 Å². The highest BCUT2D eigenvalue weighted by molar-refractivity contribution is 5.89. The van der Waals surface area contributed by atoms with Crippen molar-refractivity contribution in [3.05, 3.63) is 60.2 Å².